The predicted octanol–water partition coefficient (Wildman–Crippen LogP) is 2.12. The van der Waals surface area contributed by atoms with Gasteiger partial charge < -0.3 is 10.1 Å². The van der Waals surface area contributed by atoms with Crippen molar-refractivity contribution in [2.24, 2.45) is 0 Å². The van der Waals surface area contributed by atoms with Crippen molar-refractivity contribution >= 4 is 0 Å². The molecule has 0 bridgehead atoms. The highest BCUT2D eigenvalue weighted by Gasteiger charge is 2.36. The molecule has 1 aliphatic rings. The number of nitrogens with zero attached hydrogens (tertiary/aromatic N) is 2. The lowest BCUT2D eigenvalue weighted by molar-refractivity contribution is -0.0706. The fourth-order valence-electron chi connectivity index (χ4n) is 2.26. The van der Waals surface area contributed by atoms with Crippen molar-refractivity contribution in [3.8, 4) is 0 Å². The van der Waals surface area contributed by atoms with E-state index in [1.54, 1.807) is 0 Å². The second kappa shape index (κ2) is 5.19. The highest BCUT2D eigenvalue weighted by atomic mass is 16.5. The van der Waals surface area contributed by atoms with Crippen LogP contribution in [-0.4, -0.2) is 29.0 Å². The molecule has 1 aromatic heterocycles. The minimum Gasteiger partial charge on any atom is -0.377 e. The Bertz CT molecular complexity index is 352. The Balaban J connectivity index is 1.86. The van der Waals surface area contributed by atoms with Gasteiger partial charge in [-0.05, 0) is 33.1 Å². The molecule has 2 rings (SSSR count). The van der Waals surface area contributed by atoms with Gasteiger partial charge >= 0.3 is 0 Å². The molecule has 1 unspecified atom stereocenters. The van der Waals surface area contributed by atoms with E-state index in [2.05, 4.69) is 30.5 Å². The number of aryl methyl sites for hydroxylation is 1. The first kappa shape index (κ1) is 12.6. The molecule has 0 spiro atoms. The van der Waals surface area contributed by atoms with Crippen LogP contribution in [0.25, 0.3) is 0 Å². The number of hydrogen-bond donors (Lipinski definition) is 1. The summed E-state index contributed by atoms with van der Waals surface area (Å²) in [7, 11) is 1.82. The van der Waals surface area contributed by atoms with Crippen molar-refractivity contribution < 1.29 is 4.74 Å². The minimum absolute atomic E-state index is 0.0923. The van der Waals surface area contributed by atoms with E-state index in [9.17, 15) is 0 Å². The van der Waals surface area contributed by atoms with Crippen LogP contribution in [0, 0.1) is 0 Å². The third-order valence-electron chi connectivity index (χ3n) is 3.91. The molecule has 96 valence electrons. The number of hydrogen-bond acceptors (Lipinski definition) is 3. The maximum Gasteiger partial charge on any atom is 0.0802 e. The summed E-state index contributed by atoms with van der Waals surface area (Å²) in [5, 5.41) is 7.85. The zero-order chi connectivity index (χ0) is 12.3. The van der Waals surface area contributed by atoms with Gasteiger partial charge in [-0.2, -0.15) is 5.10 Å². The second-order valence-corrected chi connectivity index (χ2v) is 4.97. The van der Waals surface area contributed by atoms with Gasteiger partial charge in [0.25, 0.3) is 0 Å². The SMILES string of the molecule is CCn1cc(C(C)NCC2(OC)CCC2)cn1. The third kappa shape index (κ3) is 2.69. The first-order chi connectivity index (χ1) is 8.19. The van der Waals surface area contributed by atoms with Crippen LogP contribution in [0.3, 0.4) is 0 Å². The van der Waals surface area contributed by atoms with E-state index in [1.165, 1.54) is 24.8 Å². The average molecular weight is 237 g/mol. The maximum atomic E-state index is 5.60. The lowest BCUT2D eigenvalue weighted by Gasteiger charge is -2.41. The molecule has 1 saturated carbocycles. The summed E-state index contributed by atoms with van der Waals surface area (Å²) in [6.07, 6.45) is 7.70. The molecule has 0 amide bonds. The molecule has 1 aromatic rings. The van der Waals surface area contributed by atoms with Gasteiger partial charge in [0.2, 0.25) is 0 Å². The van der Waals surface area contributed by atoms with Crippen molar-refractivity contribution in [2.45, 2.75) is 51.3 Å². The highest BCUT2D eigenvalue weighted by Crippen LogP contribution is 2.34. The Morgan fingerprint density at radius 1 is 1.59 bits per heavy atom. The fourth-order valence-corrected chi connectivity index (χ4v) is 2.26. The van der Waals surface area contributed by atoms with E-state index in [0.717, 1.165) is 13.1 Å². The Morgan fingerprint density at radius 2 is 2.35 bits per heavy atom. The van der Waals surface area contributed by atoms with Gasteiger partial charge in [-0.3, -0.25) is 4.68 Å². The lowest BCUT2D eigenvalue weighted by Crippen LogP contribution is -2.48. The lowest BCUT2D eigenvalue weighted by atomic mass is 9.80. The van der Waals surface area contributed by atoms with Crippen LogP contribution in [0.15, 0.2) is 12.4 Å². The zero-order valence-corrected chi connectivity index (χ0v) is 11.1. The first-order valence-electron chi connectivity index (χ1n) is 6.50. The molecule has 4 nitrogen and oxygen atoms in total. The quantitative estimate of drug-likeness (QED) is 0.823. The van der Waals surface area contributed by atoms with E-state index >= 15 is 0 Å². The molecular weight excluding hydrogens is 214 g/mol. The number of methoxy groups -OCH3 is 1. The predicted molar refractivity (Wildman–Crippen MR) is 67.9 cm³/mol. The van der Waals surface area contributed by atoms with Gasteiger partial charge in [-0.25, -0.2) is 0 Å². The molecule has 17 heavy (non-hydrogen) atoms. The molecule has 0 radical (unpaired) electrons. The van der Waals surface area contributed by atoms with Crippen LogP contribution in [-0.2, 0) is 11.3 Å². The van der Waals surface area contributed by atoms with Crippen molar-refractivity contribution in [2.75, 3.05) is 13.7 Å². The molecular formula is C13H23N3O. The van der Waals surface area contributed by atoms with Gasteiger partial charge in [-0.1, -0.05) is 0 Å². The first-order valence-corrected chi connectivity index (χ1v) is 6.50. The molecule has 1 N–H and O–H groups in total. The Kier molecular flexibility index (Phi) is 3.84. The largest absolute Gasteiger partial charge is 0.377 e. The summed E-state index contributed by atoms with van der Waals surface area (Å²) in [6.45, 7) is 6.14. The number of nitrogens with one attached hydrogen (secondary N) is 1. The summed E-state index contributed by atoms with van der Waals surface area (Å²) in [5.41, 5.74) is 1.34. The van der Waals surface area contributed by atoms with Crippen LogP contribution in [0.4, 0.5) is 0 Å². The van der Waals surface area contributed by atoms with Gasteiger partial charge in [0.15, 0.2) is 0 Å². The van der Waals surface area contributed by atoms with E-state index < -0.39 is 0 Å². The van der Waals surface area contributed by atoms with Crippen LogP contribution < -0.4 is 5.32 Å². The molecule has 1 aliphatic carbocycles. The van der Waals surface area contributed by atoms with Gasteiger partial charge in [0.1, 0.15) is 0 Å². The molecule has 1 fully saturated rings. The topological polar surface area (TPSA) is 39.1 Å². The molecule has 4 heteroatoms. The summed E-state index contributed by atoms with van der Waals surface area (Å²) in [6, 6.07) is 0.336. The van der Waals surface area contributed by atoms with Crippen molar-refractivity contribution in [1.82, 2.24) is 15.1 Å². The monoisotopic (exact) mass is 237 g/mol. The van der Waals surface area contributed by atoms with E-state index in [4.69, 9.17) is 4.74 Å². The zero-order valence-electron chi connectivity index (χ0n) is 11.1. The Labute approximate surface area is 103 Å². The normalized spacial score (nSPS) is 19.9. The number of ether oxygens (including phenoxy) is 1. The molecule has 0 aromatic carbocycles. The van der Waals surface area contributed by atoms with Gasteiger partial charge in [0.05, 0.1) is 11.8 Å². The van der Waals surface area contributed by atoms with Crippen molar-refractivity contribution in [1.29, 1.82) is 0 Å². The van der Waals surface area contributed by atoms with Gasteiger partial charge in [0, 0.05) is 38.0 Å². The summed E-state index contributed by atoms with van der Waals surface area (Å²) >= 11 is 0. The molecule has 0 aliphatic heterocycles. The van der Waals surface area contributed by atoms with Crippen molar-refractivity contribution in [3.05, 3.63) is 18.0 Å². The maximum absolute atomic E-state index is 5.60. The minimum atomic E-state index is 0.0923. The standard InChI is InChI=1S/C13H23N3O/c1-4-16-9-12(8-15-16)11(2)14-10-13(17-3)6-5-7-13/h8-9,11,14H,4-7,10H2,1-3H3. The summed E-state index contributed by atoms with van der Waals surface area (Å²) in [5.74, 6) is 0. The fraction of sp³-hybridized carbons (Fsp3) is 0.769. The molecule has 1 atom stereocenters. The van der Waals surface area contributed by atoms with Crippen LogP contribution in [0.1, 0.15) is 44.7 Å². The molecule has 0 saturated heterocycles. The number of rotatable bonds is 6. The summed E-state index contributed by atoms with van der Waals surface area (Å²) < 4.78 is 7.56. The van der Waals surface area contributed by atoms with E-state index in [-0.39, 0.29) is 5.60 Å². The highest BCUT2D eigenvalue weighted by molar-refractivity contribution is 5.09. The second-order valence-electron chi connectivity index (χ2n) is 4.97. The Morgan fingerprint density at radius 3 is 2.82 bits per heavy atom. The van der Waals surface area contributed by atoms with E-state index in [1.807, 2.05) is 18.0 Å². The van der Waals surface area contributed by atoms with Crippen LogP contribution in [0.5, 0.6) is 0 Å². The van der Waals surface area contributed by atoms with Crippen molar-refractivity contribution in [3.63, 3.8) is 0 Å². The van der Waals surface area contributed by atoms with E-state index in [0.29, 0.717) is 6.04 Å². The number of aromatic nitrogens is 2. The summed E-state index contributed by atoms with van der Waals surface area (Å²) in [4.78, 5) is 0. The van der Waals surface area contributed by atoms with Crippen LogP contribution >= 0.6 is 0 Å². The Hall–Kier alpha value is -0.870. The average Bonchev–Trinajstić information content (AvgIpc) is 2.76. The van der Waals surface area contributed by atoms with Crippen LogP contribution in [0.2, 0.25) is 0 Å². The third-order valence-corrected chi connectivity index (χ3v) is 3.91. The van der Waals surface area contributed by atoms with Gasteiger partial charge in [-0.15, -0.1) is 0 Å². The molecule has 1 heterocycles. The smallest absolute Gasteiger partial charge is 0.0802 e.